The Morgan fingerprint density at radius 3 is 2.65 bits per heavy atom. The van der Waals surface area contributed by atoms with Crippen LogP contribution in [0.4, 0.5) is 16.2 Å². The zero-order valence-corrected chi connectivity index (χ0v) is 12.9. The van der Waals surface area contributed by atoms with E-state index in [1.165, 1.54) is 0 Å². The fourth-order valence-electron chi connectivity index (χ4n) is 2.62. The summed E-state index contributed by atoms with van der Waals surface area (Å²) in [5, 5.41) is 2.70. The molecule has 1 aliphatic rings. The van der Waals surface area contributed by atoms with E-state index in [0.29, 0.717) is 17.9 Å². The number of amides is 2. The third-order valence-electron chi connectivity index (χ3n) is 3.77. The minimum atomic E-state index is -0.557. The smallest absolute Gasteiger partial charge is 0.410 e. The summed E-state index contributed by atoms with van der Waals surface area (Å²) in [5.41, 5.74) is 2.44. The highest BCUT2D eigenvalue weighted by molar-refractivity contribution is 5.97. The van der Waals surface area contributed by atoms with E-state index in [1.807, 2.05) is 25.1 Å². The zero-order chi connectivity index (χ0) is 16.2. The molecule has 2 aromatic rings. The molecular weight excluding hydrogens is 292 g/mol. The van der Waals surface area contributed by atoms with Crippen LogP contribution in [0.5, 0.6) is 5.75 Å². The SMILES string of the molecule is Cc1ccc(NC(=O)Oc2ccccc2)cc1N1CCCC1=O. The molecule has 0 bridgehead atoms. The second kappa shape index (κ2) is 6.52. The van der Waals surface area contributed by atoms with Crippen molar-refractivity contribution in [2.45, 2.75) is 19.8 Å². The van der Waals surface area contributed by atoms with Gasteiger partial charge in [-0.3, -0.25) is 10.1 Å². The van der Waals surface area contributed by atoms with Crippen LogP contribution >= 0.6 is 0 Å². The predicted molar refractivity (Wildman–Crippen MR) is 88.9 cm³/mol. The first-order chi connectivity index (χ1) is 11.1. The van der Waals surface area contributed by atoms with Crippen LogP contribution in [-0.4, -0.2) is 18.5 Å². The Labute approximate surface area is 134 Å². The molecule has 0 aliphatic carbocycles. The summed E-state index contributed by atoms with van der Waals surface area (Å²) < 4.78 is 5.20. The van der Waals surface area contributed by atoms with Gasteiger partial charge in [0.2, 0.25) is 5.91 Å². The van der Waals surface area contributed by atoms with E-state index in [-0.39, 0.29) is 5.91 Å². The summed E-state index contributed by atoms with van der Waals surface area (Å²) in [6.07, 6.45) is 0.887. The lowest BCUT2D eigenvalue weighted by Gasteiger charge is -2.19. The van der Waals surface area contributed by atoms with Crippen molar-refractivity contribution in [2.75, 3.05) is 16.8 Å². The monoisotopic (exact) mass is 310 g/mol. The first-order valence-electron chi connectivity index (χ1n) is 7.58. The molecule has 5 nitrogen and oxygen atoms in total. The highest BCUT2D eigenvalue weighted by atomic mass is 16.6. The van der Waals surface area contributed by atoms with Crippen molar-refractivity contribution in [1.82, 2.24) is 0 Å². The number of benzene rings is 2. The van der Waals surface area contributed by atoms with Gasteiger partial charge in [-0.15, -0.1) is 0 Å². The fourth-order valence-corrected chi connectivity index (χ4v) is 2.62. The molecule has 0 aromatic heterocycles. The molecule has 0 saturated carbocycles. The maximum Gasteiger partial charge on any atom is 0.417 e. The largest absolute Gasteiger partial charge is 0.417 e. The molecule has 118 valence electrons. The van der Waals surface area contributed by atoms with Gasteiger partial charge in [0.05, 0.1) is 0 Å². The van der Waals surface area contributed by atoms with Gasteiger partial charge in [-0.25, -0.2) is 4.79 Å². The summed E-state index contributed by atoms with van der Waals surface area (Å²) in [7, 11) is 0. The number of aryl methyl sites for hydroxylation is 1. The molecule has 1 N–H and O–H groups in total. The molecule has 2 amide bonds. The van der Waals surface area contributed by atoms with Gasteiger partial charge in [0.1, 0.15) is 5.75 Å². The second-order valence-corrected chi connectivity index (χ2v) is 5.48. The molecule has 5 heteroatoms. The summed E-state index contributed by atoms with van der Waals surface area (Å²) in [5.74, 6) is 0.601. The standard InChI is InChI=1S/C18H18N2O3/c1-13-9-10-14(12-16(13)20-11-5-8-17(20)21)19-18(22)23-15-6-3-2-4-7-15/h2-4,6-7,9-10,12H,5,8,11H2,1H3,(H,19,22). The third-order valence-corrected chi connectivity index (χ3v) is 3.77. The Hall–Kier alpha value is -2.82. The average molecular weight is 310 g/mol. The lowest BCUT2D eigenvalue weighted by Crippen LogP contribution is -2.25. The Kier molecular flexibility index (Phi) is 4.28. The third kappa shape index (κ3) is 3.51. The van der Waals surface area contributed by atoms with Crippen LogP contribution in [0.3, 0.4) is 0 Å². The number of ether oxygens (including phenoxy) is 1. The topological polar surface area (TPSA) is 58.6 Å². The second-order valence-electron chi connectivity index (χ2n) is 5.48. The minimum absolute atomic E-state index is 0.122. The van der Waals surface area contributed by atoms with Gasteiger partial charge < -0.3 is 9.64 Å². The minimum Gasteiger partial charge on any atom is -0.410 e. The van der Waals surface area contributed by atoms with Crippen LogP contribution < -0.4 is 15.0 Å². The quantitative estimate of drug-likeness (QED) is 0.939. The molecule has 0 spiro atoms. The highest BCUT2D eigenvalue weighted by Crippen LogP contribution is 2.28. The maximum absolute atomic E-state index is 11.9. The van der Waals surface area contributed by atoms with Crippen molar-refractivity contribution < 1.29 is 14.3 Å². The van der Waals surface area contributed by atoms with Gasteiger partial charge >= 0.3 is 6.09 Å². The first kappa shape index (κ1) is 15.1. The first-order valence-corrected chi connectivity index (χ1v) is 7.58. The molecule has 0 unspecified atom stereocenters. The molecular formula is C18H18N2O3. The molecule has 0 atom stereocenters. The van der Waals surface area contributed by atoms with Crippen molar-refractivity contribution in [3.05, 3.63) is 54.1 Å². The lowest BCUT2D eigenvalue weighted by molar-refractivity contribution is -0.117. The van der Waals surface area contributed by atoms with Gasteiger partial charge in [-0.2, -0.15) is 0 Å². The number of carbonyl (C=O) groups excluding carboxylic acids is 2. The Balaban J connectivity index is 1.73. The van der Waals surface area contributed by atoms with E-state index in [4.69, 9.17) is 4.74 Å². The van der Waals surface area contributed by atoms with Gasteiger partial charge in [-0.1, -0.05) is 24.3 Å². The normalized spacial score (nSPS) is 14.0. The van der Waals surface area contributed by atoms with Crippen LogP contribution in [0.25, 0.3) is 0 Å². The van der Waals surface area contributed by atoms with E-state index >= 15 is 0 Å². The predicted octanol–water partition coefficient (Wildman–Crippen LogP) is 3.73. The van der Waals surface area contributed by atoms with Crippen LogP contribution in [-0.2, 0) is 4.79 Å². The molecule has 1 saturated heterocycles. The van der Waals surface area contributed by atoms with E-state index in [9.17, 15) is 9.59 Å². The lowest BCUT2D eigenvalue weighted by atomic mass is 10.1. The molecule has 2 aromatic carbocycles. The van der Waals surface area contributed by atoms with Crippen LogP contribution in [0.1, 0.15) is 18.4 Å². The highest BCUT2D eigenvalue weighted by Gasteiger charge is 2.23. The molecule has 23 heavy (non-hydrogen) atoms. The van der Waals surface area contributed by atoms with E-state index < -0.39 is 6.09 Å². The van der Waals surface area contributed by atoms with Gasteiger partial charge in [0.15, 0.2) is 0 Å². The number of hydrogen-bond acceptors (Lipinski definition) is 3. The Morgan fingerprint density at radius 2 is 1.96 bits per heavy atom. The number of carbonyl (C=O) groups is 2. The summed E-state index contributed by atoms with van der Waals surface area (Å²) >= 11 is 0. The fraction of sp³-hybridized carbons (Fsp3) is 0.222. The Bertz CT molecular complexity index is 728. The average Bonchev–Trinajstić information content (AvgIpc) is 2.96. The van der Waals surface area contributed by atoms with Crippen LogP contribution in [0.2, 0.25) is 0 Å². The van der Waals surface area contributed by atoms with Crippen LogP contribution in [0, 0.1) is 6.92 Å². The summed E-state index contributed by atoms with van der Waals surface area (Å²) in [6.45, 7) is 2.67. The van der Waals surface area contributed by atoms with Crippen molar-refractivity contribution in [3.63, 3.8) is 0 Å². The zero-order valence-electron chi connectivity index (χ0n) is 12.9. The van der Waals surface area contributed by atoms with E-state index in [0.717, 1.165) is 24.2 Å². The number of nitrogens with one attached hydrogen (secondary N) is 1. The molecule has 0 radical (unpaired) electrons. The Morgan fingerprint density at radius 1 is 1.17 bits per heavy atom. The molecule has 1 fully saturated rings. The van der Waals surface area contributed by atoms with Gasteiger partial charge in [0, 0.05) is 24.3 Å². The number of hydrogen-bond donors (Lipinski definition) is 1. The van der Waals surface area contributed by atoms with E-state index in [2.05, 4.69) is 5.32 Å². The van der Waals surface area contributed by atoms with Gasteiger partial charge in [-0.05, 0) is 43.2 Å². The van der Waals surface area contributed by atoms with Crippen molar-refractivity contribution >= 4 is 23.4 Å². The molecule has 1 aliphatic heterocycles. The summed E-state index contributed by atoms with van der Waals surface area (Å²) in [4.78, 5) is 25.6. The molecule has 3 rings (SSSR count). The van der Waals surface area contributed by atoms with Crippen LogP contribution in [0.15, 0.2) is 48.5 Å². The number of nitrogens with zero attached hydrogens (tertiary/aromatic N) is 1. The molecule has 1 heterocycles. The van der Waals surface area contributed by atoms with Crippen molar-refractivity contribution in [3.8, 4) is 5.75 Å². The summed E-state index contributed by atoms with van der Waals surface area (Å²) in [6, 6.07) is 14.4. The number of rotatable bonds is 3. The number of anilines is 2. The van der Waals surface area contributed by atoms with Gasteiger partial charge in [0.25, 0.3) is 0 Å². The number of para-hydroxylation sites is 1. The maximum atomic E-state index is 11.9. The van der Waals surface area contributed by atoms with E-state index in [1.54, 1.807) is 35.2 Å². The van der Waals surface area contributed by atoms with Crippen molar-refractivity contribution in [1.29, 1.82) is 0 Å². The van der Waals surface area contributed by atoms with Crippen molar-refractivity contribution in [2.24, 2.45) is 0 Å².